The minimum Gasteiger partial charge on any atom is -0.492 e. The van der Waals surface area contributed by atoms with Crippen LogP contribution in [0.5, 0.6) is 5.75 Å². The molecule has 0 unspecified atom stereocenters. The second-order valence-corrected chi connectivity index (χ2v) is 6.09. The van der Waals surface area contributed by atoms with Gasteiger partial charge in [-0.15, -0.1) is 0 Å². The molecular formula is C18H15ClN4O3. The maximum absolute atomic E-state index is 12.5. The first-order chi connectivity index (χ1) is 12.6. The number of aromatic nitrogens is 4. The number of rotatable bonds is 4. The van der Waals surface area contributed by atoms with Gasteiger partial charge < -0.3 is 9.15 Å². The van der Waals surface area contributed by atoms with Crippen molar-refractivity contribution in [3.8, 4) is 28.5 Å². The van der Waals surface area contributed by atoms with E-state index in [9.17, 15) is 4.79 Å². The van der Waals surface area contributed by atoms with Crippen LogP contribution in [-0.2, 0) is 0 Å². The molecule has 4 aromatic rings. The number of benzene rings is 1. The zero-order valence-corrected chi connectivity index (χ0v) is 14.9. The normalized spacial score (nSPS) is 11.2. The van der Waals surface area contributed by atoms with Crippen molar-refractivity contribution in [2.45, 2.75) is 13.8 Å². The van der Waals surface area contributed by atoms with E-state index in [2.05, 4.69) is 15.1 Å². The van der Waals surface area contributed by atoms with Crippen molar-refractivity contribution in [2.24, 2.45) is 0 Å². The molecular weight excluding hydrogens is 356 g/mol. The van der Waals surface area contributed by atoms with E-state index in [0.29, 0.717) is 45.9 Å². The number of aromatic amines is 1. The fourth-order valence-corrected chi connectivity index (χ4v) is 2.87. The van der Waals surface area contributed by atoms with E-state index >= 15 is 0 Å². The molecule has 0 amide bonds. The number of nitrogens with zero attached hydrogens (tertiary/aromatic N) is 3. The maximum atomic E-state index is 12.5. The Morgan fingerprint density at radius 3 is 2.92 bits per heavy atom. The highest BCUT2D eigenvalue weighted by Crippen LogP contribution is 2.30. The fraction of sp³-hybridized carbons (Fsp3) is 0.167. The topological polar surface area (TPSA) is 85.4 Å². The standard InChI is InChI=1S/C18H15ClN4O3/c1-3-25-15-6-11(4-5-13(15)19)14-7-16(24)23-17(22-14)12(9-21-23)18-20-8-10(2)26-18/h4-9,21H,3H2,1-2H3. The van der Waals surface area contributed by atoms with Gasteiger partial charge in [0.25, 0.3) is 5.56 Å². The fourth-order valence-electron chi connectivity index (χ4n) is 2.69. The van der Waals surface area contributed by atoms with Crippen LogP contribution in [0.25, 0.3) is 28.4 Å². The largest absolute Gasteiger partial charge is 0.492 e. The predicted molar refractivity (Wildman–Crippen MR) is 97.7 cm³/mol. The Balaban J connectivity index is 1.89. The number of halogens is 1. The van der Waals surface area contributed by atoms with Crippen LogP contribution in [-0.4, -0.2) is 26.2 Å². The van der Waals surface area contributed by atoms with Crippen LogP contribution in [0.4, 0.5) is 0 Å². The predicted octanol–water partition coefficient (Wildman–Crippen LogP) is 3.71. The van der Waals surface area contributed by atoms with E-state index < -0.39 is 0 Å². The molecule has 0 radical (unpaired) electrons. The molecule has 0 saturated heterocycles. The van der Waals surface area contributed by atoms with Crippen molar-refractivity contribution >= 4 is 17.2 Å². The summed E-state index contributed by atoms with van der Waals surface area (Å²) < 4.78 is 12.4. The first-order valence-electron chi connectivity index (χ1n) is 8.03. The molecule has 1 aromatic carbocycles. The molecule has 3 heterocycles. The summed E-state index contributed by atoms with van der Waals surface area (Å²) in [6, 6.07) is 6.74. The second kappa shape index (κ2) is 6.34. The average Bonchev–Trinajstić information content (AvgIpc) is 3.23. The Hall–Kier alpha value is -3.06. The quantitative estimate of drug-likeness (QED) is 0.592. The molecule has 0 fully saturated rings. The monoisotopic (exact) mass is 370 g/mol. The van der Waals surface area contributed by atoms with Crippen molar-refractivity contribution in [1.29, 1.82) is 0 Å². The molecule has 4 rings (SSSR count). The van der Waals surface area contributed by atoms with Crippen LogP contribution >= 0.6 is 11.6 Å². The van der Waals surface area contributed by atoms with Crippen LogP contribution in [0.1, 0.15) is 12.7 Å². The number of H-pyrrole nitrogens is 1. The highest BCUT2D eigenvalue weighted by molar-refractivity contribution is 6.32. The highest BCUT2D eigenvalue weighted by atomic mass is 35.5. The molecule has 0 atom stereocenters. The van der Waals surface area contributed by atoms with E-state index in [1.54, 1.807) is 37.5 Å². The van der Waals surface area contributed by atoms with E-state index in [-0.39, 0.29) is 5.56 Å². The Labute approximate surface area is 153 Å². The summed E-state index contributed by atoms with van der Waals surface area (Å²) in [7, 11) is 0. The van der Waals surface area contributed by atoms with E-state index in [0.717, 1.165) is 5.56 Å². The number of aryl methyl sites for hydroxylation is 1. The van der Waals surface area contributed by atoms with Gasteiger partial charge in [-0.1, -0.05) is 17.7 Å². The van der Waals surface area contributed by atoms with Crippen molar-refractivity contribution < 1.29 is 9.15 Å². The van der Waals surface area contributed by atoms with Gasteiger partial charge >= 0.3 is 0 Å². The second-order valence-electron chi connectivity index (χ2n) is 5.68. The van der Waals surface area contributed by atoms with Crippen LogP contribution < -0.4 is 10.3 Å². The zero-order chi connectivity index (χ0) is 18.3. The lowest BCUT2D eigenvalue weighted by Gasteiger charge is -2.08. The summed E-state index contributed by atoms with van der Waals surface area (Å²) in [5, 5.41) is 3.39. The van der Waals surface area contributed by atoms with Gasteiger partial charge in [-0.2, -0.15) is 0 Å². The number of hydrogen-bond acceptors (Lipinski definition) is 5. The molecule has 3 aromatic heterocycles. The first kappa shape index (κ1) is 16.4. The molecule has 26 heavy (non-hydrogen) atoms. The number of hydrogen-bond donors (Lipinski definition) is 1. The van der Waals surface area contributed by atoms with Crippen LogP contribution in [0, 0.1) is 6.92 Å². The molecule has 8 heteroatoms. The Morgan fingerprint density at radius 1 is 1.35 bits per heavy atom. The van der Waals surface area contributed by atoms with Gasteiger partial charge in [0.05, 0.1) is 29.1 Å². The van der Waals surface area contributed by atoms with Crippen molar-refractivity contribution in [3.05, 3.63) is 57.8 Å². The van der Waals surface area contributed by atoms with Gasteiger partial charge in [0.15, 0.2) is 5.65 Å². The van der Waals surface area contributed by atoms with E-state index in [1.807, 2.05) is 6.92 Å². The average molecular weight is 371 g/mol. The summed E-state index contributed by atoms with van der Waals surface area (Å²) in [4.78, 5) is 21.3. The van der Waals surface area contributed by atoms with Gasteiger partial charge in [-0.05, 0) is 26.0 Å². The van der Waals surface area contributed by atoms with Crippen LogP contribution in [0.15, 0.2) is 45.9 Å². The third-order valence-electron chi connectivity index (χ3n) is 3.88. The summed E-state index contributed by atoms with van der Waals surface area (Å²) in [5.74, 6) is 1.62. The molecule has 1 N–H and O–H groups in total. The van der Waals surface area contributed by atoms with Gasteiger partial charge in [-0.25, -0.2) is 14.5 Å². The number of fused-ring (bicyclic) bond motifs is 1. The molecule has 0 aliphatic carbocycles. The zero-order valence-electron chi connectivity index (χ0n) is 14.1. The lowest BCUT2D eigenvalue weighted by atomic mass is 10.1. The van der Waals surface area contributed by atoms with Gasteiger partial charge in [0.2, 0.25) is 5.89 Å². The Morgan fingerprint density at radius 2 is 2.19 bits per heavy atom. The Bertz CT molecular complexity index is 1160. The molecule has 0 spiro atoms. The molecule has 0 saturated carbocycles. The number of ether oxygens (including phenoxy) is 1. The molecule has 0 aliphatic rings. The lowest BCUT2D eigenvalue weighted by molar-refractivity contribution is 0.340. The minimum atomic E-state index is -0.243. The summed E-state index contributed by atoms with van der Waals surface area (Å²) in [5.41, 5.74) is 2.04. The SMILES string of the molecule is CCOc1cc(-c2cc(=O)n3[nH]cc(-c4ncc(C)o4)c3n2)ccc1Cl. The smallest absolute Gasteiger partial charge is 0.273 e. The van der Waals surface area contributed by atoms with Crippen molar-refractivity contribution in [1.82, 2.24) is 19.6 Å². The number of oxazole rings is 1. The van der Waals surface area contributed by atoms with Gasteiger partial charge in [0, 0.05) is 17.8 Å². The van der Waals surface area contributed by atoms with Crippen molar-refractivity contribution in [2.75, 3.05) is 6.61 Å². The first-order valence-corrected chi connectivity index (χ1v) is 8.41. The van der Waals surface area contributed by atoms with Gasteiger partial charge in [-0.3, -0.25) is 9.89 Å². The van der Waals surface area contributed by atoms with Crippen LogP contribution in [0.3, 0.4) is 0 Å². The summed E-state index contributed by atoms with van der Waals surface area (Å²) in [6.45, 7) is 4.17. The molecule has 0 bridgehead atoms. The summed E-state index contributed by atoms with van der Waals surface area (Å²) in [6.07, 6.45) is 3.26. The van der Waals surface area contributed by atoms with Crippen LogP contribution in [0.2, 0.25) is 5.02 Å². The lowest BCUT2D eigenvalue weighted by Crippen LogP contribution is -2.14. The summed E-state index contributed by atoms with van der Waals surface area (Å²) >= 11 is 6.14. The van der Waals surface area contributed by atoms with Gasteiger partial charge in [0.1, 0.15) is 11.5 Å². The molecule has 132 valence electrons. The maximum Gasteiger partial charge on any atom is 0.273 e. The highest BCUT2D eigenvalue weighted by Gasteiger charge is 2.16. The third kappa shape index (κ3) is 2.76. The minimum absolute atomic E-state index is 0.243. The third-order valence-corrected chi connectivity index (χ3v) is 4.19. The Kier molecular flexibility index (Phi) is 4.00. The number of nitrogens with one attached hydrogen (secondary N) is 1. The van der Waals surface area contributed by atoms with E-state index in [1.165, 1.54) is 10.6 Å². The molecule has 0 aliphatic heterocycles. The van der Waals surface area contributed by atoms with E-state index in [4.69, 9.17) is 20.8 Å². The van der Waals surface area contributed by atoms with Crippen molar-refractivity contribution in [3.63, 3.8) is 0 Å². The molecule has 7 nitrogen and oxygen atoms in total.